The van der Waals surface area contributed by atoms with E-state index < -0.39 is 65.2 Å². The summed E-state index contributed by atoms with van der Waals surface area (Å²) in [5, 5.41) is 10.9. The van der Waals surface area contributed by atoms with E-state index in [-0.39, 0.29) is 12.5 Å². The predicted octanol–water partition coefficient (Wildman–Crippen LogP) is 2.31. The van der Waals surface area contributed by atoms with Crippen LogP contribution in [0, 0.1) is 17.8 Å². The van der Waals surface area contributed by atoms with E-state index in [9.17, 15) is 19.5 Å². The zero-order valence-corrected chi connectivity index (χ0v) is 19.3. The molecule has 0 bridgehead atoms. The summed E-state index contributed by atoms with van der Waals surface area (Å²) < 4.78 is 23.6. The molecule has 1 N–H and O–H groups in total. The molecule has 0 aromatic heterocycles. The summed E-state index contributed by atoms with van der Waals surface area (Å²) in [4.78, 5) is 37.0. The van der Waals surface area contributed by atoms with Crippen LogP contribution in [0.3, 0.4) is 0 Å². The van der Waals surface area contributed by atoms with Crippen molar-refractivity contribution in [3.63, 3.8) is 0 Å². The predicted molar refractivity (Wildman–Crippen MR) is 110 cm³/mol. The highest BCUT2D eigenvalue weighted by molar-refractivity contribution is 5.85. The molecule has 9 atom stereocenters. The fourth-order valence-electron chi connectivity index (χ4n) is 5.85. The second-order valence-electron chi connectivity index (χ2n) is 9.55. The van der Waals surface area contributed by atoms with E-state index in [4.69, 9.17) is 18.9 Å². The highest BCUT2D eigenvalue weighted by Gasteiger charge is 2.68. The number of esters is 3. The van der Waals surface area contributed by atoms with Crippen molar-refractivity contribution >= 4 is 17.9 Å². The van der Waals surface area contributed by atoms with Crippen LogP contribution in [0.1, 0.15) is 61.3 Å². The summed E-state index contributed by atoms with van der Waals surface area (Å²) in [5.41, 5.74) is -1.78. The Labute approximate surface area is 183 Å². The van der Waals surface area contributed by atoms with E-state index in [1.807, 2.05) is 20.8 Å². The largest absolute Gasteiger partial charge is 0.459 e. The van der Waals surface area contributed by atoms with Gasteiger partial charge in [0.25, 0.3) is 0 Å². The molecule has 1 aliphatic heterocycles. The Morgan fingerprint density at radius 3 is 2.39 bits per heavy atom. The van der Waals surface area contributed by atoms with Crippen LogP contribution in [0.4, 0.5) is 0 Å². The van der Waals surface area contributed by atoms with E-state index in [1.54, 1.807) is 19.9 Å². The average Bonchev–Trinajstić information content (AvgIpc) is 3.01. The minimum atomic E-state index is -1.55. The van der Waals surface area contributed by atoms with Gasteiger partial charge in [-0.05, 0) is 34.1 Å². The molecule has 31 heavy (non-hydrogen) atoms. The standard InChI is InChI=1S/C23H34O8/c1-8-12(3)28-16-10-22(6,30-13(4)24)18-15(26)9-11(2)17(18)20-19(16)23(7,21(27)29-20)31-14(5)25/h9,12,15-20,26H,8,10H2,1-7H3/t12?,15-,16+,17-,18+,19-,20+,22+,23+/m1/s1. The van der Waals surface area contributed by atoms with Crippen LogP contribution in [0.5, 0.6) is 0 Å². The van der Waals surface area contributed by atoms with Crippen molar-refractivity contribution in [2.75, 3.05) is 0 Å². The van der Waals surface area contributed by atoms with Gasteiger partial charge in [0, 0.05) is 32.1 Å². The third-order valence-electron chi connectivity index (χ3n) is 7.13. The summed E-state index contributed by atoms with van der Waals surface area (Å²) >= 11 is 0. The first-order valence-electron chi connectivity index (χ1n) is 11.0. The molecule has 3 aliphatic rings. The van der Waals surface area contributed by atoms with E-state index in [2.05, 4.69) is 0 Å². The van der Waals surface area contributed by atoms with Gasteiger partial charge in [-0.15, -0.1) is 0 Å². The molecule has 1 saturated heterocycles. The number of carbonyl (C=O) groups excluding carboxylic acids is 3. The number of aliphatic hydroxyl groups excluding tert-OH is 1. The maximum atomic E-state index is 13.0. The van der Waals surface area contributed by atoms with Gasteiger partial charge < -0.3 is 24.1 Å². The maximum Gasteiger partial charge on any atom is 0.351 e. The van der Waals surface area contributed by atoms with Crippen molar-refractivity contribution in [2.45, 2.75) is 96.9 Å². The molecule has 2 fully saturated rings. The molecular weight excluding hydrogens is 404 g/mol. The highest BCUT2D eigenvalue weighted by Crippen LogP contribution is 2.56. The number of hydrogen-bond acceptors (Lipinski definition) is 8. The topological polar surface area (TPSA) is 108 Å². The molecule has 2 aliphatic carbocycles. The highest BCUT2D eigenvalue weighted by atomic mass is 16.6. The molecule has 8 nitrogen and oxygen atoms in total. The van der Waals surface area contributed by atoms with Crippen LogP contribution in [0.2, 0.25) is 0 Å². The van der Waals surface area contributed by atoms with Crippen LogP contribution in [0.25, 0.3) is 0 Å². The van der Waals surface area contributed by atoms with Crippen molar-refractivity contribution in [1.82, 2.24) is 0 Å². The summed E-state index contributed by atoms with van der Waals surface area (Å²) in [6.07, 6.45) is 0.351. The summed E-state index contributed by atoms with van der Waals surface area (Å²) in [7, 11) is 0. The van der Waals surface area contributed by atoms with Crippen LogP contribution in [-0.2, 0) is 33.3 Å². The smallest absolute Gasteiger partial charge is 0.351 e. The Bertz CT molecular complexity index is 790. The summed E-state index contributed by atoms with van der Waals surface area (Å²) in [6.45, 7) is 11.7. The molecule has 0 spiro atoms. The van der Waals surface area contributed by atoms with Crippen molar-refractivity contribution in [3.05, 3.63) is 11.6 Å². The minimum Gasteiger partial charge on any atom is -0.459 e. The molecule has 0 aromatic rings. The lowest BCUT2D eigenvalue weighted by molar-refractivity contribution is -0.184. The van der Waals surface area contributed by atoms with Crippen molar-refractivity contribution in [3.8, 4) is 0 Å². The first kappa shape index (κ1) is 23.7. The summed E-state index contributed by atoms with van der Waals surface area (Å²) in [6, 6.07) is 0. The second kappa shape index (κ2) is 8.20. The lowest BCUT2D eigenvalue weighted by atomic mass is 9.74. The van der Waals surface area contributed by atoms with E-state index in [1.165, 1.54) is 13.8 Å². The van der Waals surface area contributed by atoms with Crippen molar-refractivity contribution in [2.24, 2.45) is 17.8 Å². The first-order valence-corrected chi connectivity index (χ1v) is 11.0. The zero-order chi connectivity index (χ0) is 23.3. The van der Waals surface area contributed by atoms with Gasteiger partial charge in [-0.1, -0.05) is 18.6 Å². The van der Waals surface area contributed by atoms with Crippen molar-refractivity contribution < 1.29 is 38.4 Å². The Kier molecular flexibility index (Phi) is 6.28. The monoisotopic (exact) mass is 438 g/mol. The number of fused-ring (bicyclic) bond motifs is 3. The molecular formula is C23H34O8. The lowest BCUT2D eigenvalue weighted by Crippen LogP contribution is -2.51. The Morgan fingerprint density at radius 1 is 1.23 bits per heavy atom. The normalized spacial score (nSPS) is 42.6. The third kappa shape index (κ3) is 4.00. The van der Waals surface area contributed by atoms with Gasteiger partial charge in [-0.3, -0.25) is 9.59 Å². The fraction of sp³-hybridized carbons (Fsp3) is 0.783. The molecule has 0 aromatic carbocycles. The summed E-state index contributed by atoms with van der Waals surface area (Å²) in [5.74, 6) is -3.24. The van der Waals surface area contributed by atoms with E-state index >= 15 is 0 Å². The first-order chi connectivity index (χ1) is 14.3. The number of ether oxygens (including phenoxy) is 4. The lowest BCUT2D eigenvalue weighted by Gasteiger charge is -2.40. The maximum absolute atomic E-state index is 13.0. The van der Waals surface area contributed by atoms with Gasteiger partial charge in [-0.25, -0.2) is 4.79 Å². The fourth-order valence-corrected chi connectivity index (χ4v) is 5.85. The molecule has 8 heteroatoms. The van der Waals surface area contributed by atoms with Crippen LogP contribution < -0.4 is 0 Å². The SMILES string of the molecule is CCC(C)O[C@H]1C[C@](C)(OC(C)=O)[C@@H]2[C@@H](C(C)=C[C@H]2O)[C@@H]2OC(=O)[C@@](C)(OC(C)=O)[C@@H]21. The van der Waals surface area contributed by atoms with Gasteiger partial charge in [0.15, 0.2) is 0 Å². The van der Waals surface area contributed by atoms with E-state index in [0.717, 1.165) is 12.0 Å². The third-order valence-corrected chi connectivity index (χ3v) is 7.13. The molecule has 0 amide bonds. The Morgan fingerprint density at radius 2 is 1.84 bits per heavy atom. The Hall–Kier alpha value is -1.93. The number of rotatable bonds is 5. The van der Waals surface area contributed by atoms with Crippen LogP contribution >= 0.6 is 0 Å². The molecule has 3 rings (SSSR count). The minimum absolute atomic E-state index is 0.149. The molecule has 1 saturated carbocycles. The van der Waals surface area contributed by atoms with Gasteiger partial charge >= 0.3 is 17.9 Å². The van der Waals surface area contributed by atoms with Crippen molar-refractivity contribution in [1.29, 1.82) is 0 Å². The molecule has 174 valence electrons. The average molecular weight is 439 g/mol. The second-order valence-corrected chi connectivity index (χ2v) is 9.55. The van der Waals surface area contributed by atoms with E-state index in [0.29, 0.717) is 0 Å². The molecule has 1 unspecified atom stereocenters. The Balaban J connectivity index is 2.17. The zero-order valence-electron chi connectivity index (χ0n) is 19.3. The van der Waals surface area contributed by atoms with Gasteiger partial charge in [0.05, 0.1) is 24.2 Å². The van der Waals surface area contributed by atoms with Crippen LogP contribution in [0.15, 0.2) is 11.6 Å². The molecule has 0 radical (unpaired) electrons. The number of hydrogen-bond donors (Lipinski definition) is 1. The number of aliphatic hydroxyl groups is 1. The van der Waals surface area contributed by atoms with Gasteiger partial charge in [0.1, 0.15) is 11.7 Å². The van der Waals surface area contributed by atoms with Gasteiger partial charge in [-0.2, -0.15) is 0 Å². The molecule has 1 heterocycles. The quantitative estimate of drug-likeness (QED) is 0.396. The number of carbonyl (C=O) groups is 3. The van der Waals surface area contributed by atoms with Gasteiger partial charge in [0.2, 0.25) is 5.60 Å². The van der Waals surface area contributed by atoms with Crippen LogP contribution in [-0.4, -0.2) is 58.6 Å².